The lowest BCUT2D eigenvalue weighted by Gasteiger charge is -2.32. The molecule has 0 atom stereocenters. The largest absolute Gasteiger partial charge is 0.353 e. The van der Waals surface area contributed by atoms with E-state index < -0.39 is 0 Å². The minimum atomic E-state index is -0.148. The Hall–Kier alpha value is -2.08. The molecule has 1 fully saturated rings. The topological polar surface area (TPSA) is 61.4 Å². The molecule has 0 aromatic heterocycles. The molecule has 0 spiro atoms. The Morgan fingerprint density at radius 1 is 0.931 bits per heavy atom. The zero-order chi connectivity index (χ0) is 20.6. The first-order chi connectivity index (χ1) is 14.0. The number of aryl methyl sites for hydroxylation is 1. The van der Waals surface area contributed by atoms with Crippen LogP contribution in [0.1, 0.15) is 24.8 Å². The molecule has 5 nitrogen and oxygen atoms in total. The molecule has 2 aromatic rings. The first kappa shape index (κ1) is 21.6. The highest BCUT2D eigenvalue weighted by atomic mass is 35.5. The van der Waals surface area contributed by atoms with Gasteiger partial charge < -0.3 is 10.6 Å². The fourth-order valence-corrected chi connectivity index (χ4v) is 3.93. The summed E-state index contributed by atoms with van der Waals surface area (Å²) < 4.78 is 0. The van der Waals surface area contributed by atoms with Crippen LogP contribution in [-0.2, 0) is 16.0 Å². The SMILES string of the molecule is O=C(CN1CCC(NC(=O)CCc2ccccc2)CC1)Nc1c(Cl)cccc1Cl. The summed E-state index contributed by atoms with van der Waals surface area (Å²) in [5.41, 5.74) is 1.61. The van der Waals surface area contributed by atoms with E-state index in [1.165, 1.54) is 5.56 Å². The Bertz CT molecular complexity index is 817. The van der Waals surface area contributed by atoms with Crippen LogP contribution in [0.25, 0.3) is 0 Å². The third-order valence-electron chi connectivity index (χ3n) is 5.03. The highest BCUT2D eigenvalue weighted by molar-refractivity contribution is 6.39. The van der Waals surface area contributed by atoms with Crippen LogP contribution in [0, 0.1) is 0 Å². The van der Waals surface area contributed by atoms with Crippen molar-refractivity contribution in [1.82, 2.24) is 10.2 Å². The summed E-state index contributed by atoms with van der Waals surface area (Å²) in [6.45, 7) is 1.79. The monoisotopic (exact) mass is 433 g/mol. The fourth-order valence-electron chi connectivity index (χ4n) is 3.44. The van der Waals surface area contributed by atoms with Gasteiger partial charge in [-0.25, -0.2) is 0 Å². The maximum absolute atomic E-state index is 12.3. The number of halogens is 2. The highest BCUT2D eigenvalue weighted by Gasteiger charge is 2.22. The Morgan fingerprint density at radius 2 is 1.59 bits per heavy atom. The number of hydrogen-bond acceptors (Lipinski definition) is 3. The molecule has 3 rings (SSSR count). The van der Waals surface area contributed by atoms with E-state index in [0.29, 0.717) is 22.2 Å². The highest BCUT2D eigenvalue weighted by Crippen LogP contribution is 2.29. The quantitative estimate of drug-likeness (QED) is 0.689. The van der Waals surface area contributed by atoms with Gasteiger partial charge in [0.25, 0.3) is 0 Å². The zero-order valence-electron chi connectivity index (χ0n) is 16.2. The lowest BCUT2D eigenvalue weighted by molar-refractivity contribution is -0.122. The van der Waals surface area contributed by atoms with E-state index in [1.54, 1.807) is 18.2 Å². The van der Waals surface area contributed by atoms with Gasteiger partial charge in [-0.15, -0.1) is 0 Å². The van der Waals surface area contributed by atoms with Gasteiger partial charge >= 0.3 is 0 Å². The number of amides is 2. The number of para-hydroxylation sites is 1. The summed E-state index contributed by atoms with van der Waals surface area (Å²) in [6.07, 6.45) is 2.90. The summed E-state index contributed by atoms with van der Waals surface area (Å²) in [5, 5.41) is 6.74. The number of nitrogens with zero attached hydrogens (tertiary/aromatic N) is 1. The lowest BCUT2D eigenvalue weighted by atomic mass is 10.0. The van der Waals surface area contributed by atoms with Gasteiger partial charge in [0.15, 0.2) is 0 Å². The Kier molecular flexibility index (Phi) is 7.92. The van der Waals surface area contributed by atoms with Gasteiger partial charge in [0.05, 0.1) is 22.3 Å². The van der Waals surface area contributed by atoms with Crippen LogP contribution in [0.4, 0.5) is 5.69 Å². The zero-order valence-corrected chi connectivity index (χ0v) is 17.7. The lowest BCUT2D eigenvalue weighted by Crippen LogP contribution is -2.46. The van der Waals surface area contributed by atoms with Crippen LogP contribution in [0.5, 0.6) is 0 Å². The van der Waals surface area contributed by atoms with Crippen molar-refractivity contribution in [3.05, 3.63) is 64.1 Å². The molecular formula is C22H25Cl2N3O2. The van der Waals surface area contributed by atoms with E-state index >= 15 is 0 Å². The van der Waals surface area contributed by atoms with Crippen molar-refractivity contribution in [3.8, 4) is 0 Å². The Morgan fingerprint density at radius 3 is 2.24 bits per heavy atom. The molecule has 29 heavy (non-hydrogen) atoms. The summed E-state index contributed by atoms with van der Waals surface area (Å²) >= 11 is 12.2. The third-order valence-corrected chi connectivity index (χ3v) is 5.66. The second-order valence-electron chi connectivity index (χ2n) is 7.25. The van der Waals surface area contributed by atoms with E-state index in [0.717, 1.165) is 32.4 Å². The summed E-state index contributed by atoms with van der Waals surface area (Å²) in [6, 6.07) is 15.3. The average Bonchev–Trinajstić information content (AvgIpc) is 2.72. The van der Waals surface area contributed by atoms with Gasteiger partial charge in [0, 0.05) is 25.6 Å². The van der Waals surface area contributed by atoms with Crippen molar-refractivity contribution in [2.45, 2.75) is 31.7 Å². The minimum Gasteiger partial charge on any atom is -0.353 e. The maximum Gasteiger partial charge on any atom is 0.238 e. The molecule has 0 aliphatic carbocycles. The number of anilines is 1. The minimum absolute atomic E-state index is 0.0819. The number of hydrogen-bond donors (Lipinski definition) is 2. The van der Waals surface area contributed by atoms with Gasteiger partial charge in [-0.2, -0.15) is 0 Å². The van der Waals surface area contributed by atoms with Crippen molar-refractivity contribution < 1.29 is 9.59 Å². The number of carbonyl (C=O) groups is 2. The first-order valence-corrected chi connectivity index (χ1v) is 10.6. The molecule has 1 aliphatic rings. The smallest absolute Gasteiger partial charge is 0.238 e. The fraction of sp³-hybridized carbons (Fsp3) is 0.364. The molecule has 1 saturated heterocycles. The van der Waals surface area contributed by atoms with Crippen molar-refractivity contribution in [2.24, 2.45) is 0 Å². The normalized spacial score (nSPS) is 15.1. The Balaban J connectivity index is 1.37. The molecule has 0 radical (unpaired) electrons. The summed E-state index contributed by atoms with van der Waals surface area (Å²) in [5.74, 6) is -0.0660. The molecule has 2 amide bonds. The number of rotatable bonds is 7. The third kappa shape index (κ3) is 6.74. The van der Waals surface area contributed by atoms with Gasteiger partial charge in [-0.05, 0) is 37.0 Å². The Labute approximate surface area is 181 Å². The predicted octanol–water partition coefficient (Wildman–Crippen LogP) is 4.15. The molecule has 154 valence electrons. The van der Waals surface area contributed by atoms with Crippen LogP contribution >= 0.6 is 23.2 Å². The van der Waals surface area contributed by atoms with Crippen LogP contribution in [0.3, 0.4) is 0 Å². The second-order valence-corrected chi connectivity index (χ2v) is 8.06. The van der Waals surface area contributed by atoms with E-state index in [9.17, 15) is 9.59 Å². The predicted molar refractivity (Wildman–Crippen MR) is 117 cm³/mol. The molecule has 0 saturated carbocycles. The van der Waals surface area contributed by atoms with Gasteiger partial charge in [-0.1, -0.05) is 59.6 Å². The maximum atomic E-state index is 12.3. The standard InChI is InChI=1S/C22H25Cl2N3O2/c23-18-7-4-8-19(24)22(18)26-21(29)15-27-13-11-17(12-14-27)25-20(28)10-9-16-5-2-1-3-6-16/h1-8,17H,9-15H2,(H,25,28)(H,26,29). The van der Waals surface area contributed by atoms with E-state index in [2.05, 4.69) is 15.5 Å². The average molecular weight is 434 g/mol. The van der Waals surface area contributed by atoms with Crippen LogP contribution in [0.15, 0.2) is 48.5 Å². The molecule has 1 heterocycles. The summed E-state index contributed by atoms with van der Waals surface area (Å²) in [7, 11) is 0. The van der Waals surface area contributed by atoms with Gasteiger partial charge in [0.1, 0.15) is 0 Å². The van der Waals surface area contributed by atoms with Crippen molar-refractivity contribution in [2.75, 3.05) is 25.0 Å². The first-order valence-electron chi connectivity index (χ1n) is 9.81. The number of likely N-dealkylation sites (tertiary alicyclic amines) is 1. The van der Waals surface area contributed by atoms with Gasteiger partial charge in [0.2, 0.25) is 11.8 Å². The number of carbonyl (C=O) groups excluding carboxylic acids is 2. The van der Waals surface area contributed by atoms with E-state index in [4.69, 9.17) is 23.2 Å². The summed E-state index contributed by atoms with van der Waals surface area (Å²) in [4.78, 5) is 26.6. The van der Waals surface area contributed by atoms with Crippen LogP contribution < -0.4 is 10.6 Å². The van der Waals surface area contributed by atoms with Gasteiger partial charge in [-0.3, -0.25) is 14.5 Å². The molecule has 1 aliphatic heterocycles. The molecular weight excluding hydrogens is 409 g/mol. The number of benzene rings is 2. The number of nitrogens with one attached hydrogen (secondary N) is 2. The molecule has 2 aromatic carbocycles. The second kappa shape index (κ2) is 10.6. The molecule has 0 unspecified atom stereocenters. The van der Waals surface area contributed by atoms with Crippen molar-refractivity contribution >= 4 is 40.7 Å². The van der Waals surface area contributed by atoms with Crippen LogP contribution in [-0.4, -0.2) is 42.4 Å². The van der Waals surface area contributed by atoms with E-state index in [-0.39, 0.29) is 24.4 Å². The van der Waals surface area contributed by atoms with Crippen molar-refractivity contribution in [3.63, 3.8) is 0 Å². The van der Waals surface area contributed by atoms with Crippen LogP contribution in [0.2, 0.25) is 10.0 Å². The molecule has 7 heteroatoms. The van der Waals surface area contributed by atoms with E-state index in [1.807, 2.05) is 30.3 Å². The molecule has 2 N–H and O–H groups in total. The van der Waals surface area contributed by atoms with Crippen molar-refractivity contribution in [1.29, 1.82) is 0 Å². The molecule has 0 bridgehead atoms. The number of piperidine rings is 1.